The standard InChI is InChI=1S/C10H11NO2/c1-4-8-6-10(13-7(3)12)11-9(8)5-2/h4-6,11H,1-2H2,3H3. The van der Waals surface area contributed by atoms with Crippen LogP contribution in [-0.2, 0) is 4.79 Å². The van der Waals surface area contributed by atoms with Gasteiger partial charge in [0.05, 0.1) is 0 Å². The number of aromatic nitrogens is 1. The van der Waals surface area contributed by atoms with E-state index < -0.39 is 0 Å². The lowest BCUT2D eigenvalue weighted by molar-refractivity contribution is -0.132. The van der Waals surface area contributed by atoms with E-state index in [0.717, 1.165) is 11.3 Å². The van der Waals surface area contributed by atoms with Gasteiger partial charge in [-0.3, -0.25) is 4.79 Å². The molecule has 0 unspecified atom stereocenters. The summed E-state index contributed by atoms with van der Waals surface area (Å²) in [6, 6.07) is 1.70. The molecule has 1 aromatic rings. The van der Waals surface area contributed by atoms with Crippen LogP contribution in [0.3, 0.4) is 0 Å². The molecule has 1 N–H and O–H groups in total. The van der Waals surface area contributed by atoms with Crippen LogP contribution in [0.2, 0.25) is 0 Å². The number of rotatable bonds is 3. The van der Waals surface area contributed by atoms with E-state index in [2.05, 4.69) is 18.1 Å². The summed E-state index contributed by atoms with van der Waals surface area (Å²) in [6.45, 7) is 8.59. The molecular weight excluding hydrogens is 166 g/mol. The Hall–Kier alpha value is -1.77. The zero-order valence-electron chi connectivity index (χ0n) is 7.46. The maximum atomic E-state index is 10.6. The molecule has 0 aliphatic heterocycles. The molecule has 0 fully saturated rings. The summed E-state index contributed by atoms with van der Waals surface area (Å²) in [5, 5.41) is 0. The van der Waals surface area contributed by atoms with Crippen LogP contribution < -0.4 is 4.74 Å². The highest BCUT2D eigenvalue weighted by Crippen LogP contribution is 2.18. The Balaban J connectivity index is 2.99. The van der Waals surface area contributed by atoms with Gasteiger partial charge in [-0.15, -0.1) is 0 Å². The lowest BCUT2D eigenvalue weighted by atomic mass is 10.2. The predicted molar refractivity (Wildman–Crippen MR) is 52.3 cm³/mol. The molecule has 0 aliphatic carbocycles. The number of hydrogen-bond donors (Lipinski definition) is 1. The monoisotopic (exact) mass is 177 g/mol. The minimum Gasteiger partial charge on any atom is -0.410 e. The number of hydrogen-bond acceptors (Lipinski definition) is 2. The van der Waals surface area contributed by atoms with E-state index in [1.54, 1.807) is 18.2 Å². The Labute approximate surface area is 76.7 Å². The maximum absolute atomic E-state index is 10.6. The average Bonchev–Trinajstić information content (AvgIpc) is 2.45. The molecule has 0 saturated carbocycles. The van der Waals surface area contributed by atoms with E-state index in [1.807, 2.05) is 0 Å². The molecule has 0 radical (unpaired) electrons. The molecular formula is C10H11NO2. The van der Waals surface area contributed by atoms with E-state index in [0.29, 0.717) is 5.88 Å². The predicted octanol–water partition coefficient (Wildman–Crippen LogP) is 2.23. The fourth-order valence-corrected chi connectivity index (χ4v) is 1.01. The van der Waals surface area contributed by atoms with E-state index in [4.69, 9.17) is 4.74 Å². The zero-order valence-corrected chi connectivity index (χ0v) is 7.46. The third kappa shape index (κ3) is 2.08. The Morgan fingerprint density at radius 3 is 2.62 bits per heavy atom. The summed E-state index contributed by atoms with van der Waals surface area (Å²) >= 11 is 0. The van der Waals surface area contributed by atoms with Gasteiger partial charge >= 0.3 is 5.97 Å². The van der Waals surface area contributed by atoms with Crippen LogP contribution >= 0.6 is 0 Å². The van der Waals surface area contributed by atoms with Crippen LogP contribution in [-0.4, -0.2) is 11.0 Å². The van der Waals surface area contributed by atoms with Gasteiger partial charge in [0.15, 0.2) is 0 Å². The first-order valence-corrected chi connectivity index (χ1v) is 3.83. The molecule has 1 rings (SSSR count). The van der Waals surface area contributed by atoms with Gasteiger partial charge in [0, 0.05) is 24.2 Å². The third-order valence-corrected chi connectivity index (χ3v) is 1.53. The van der Waals surface area contributed by atoms with Crippen molar-refractivity contribution in [3.05, 3.63) is 30.5 Å². The molecule has 68 valence electrons. The molecule has 0 spiro atoms. The highest BCUT2D eigenvalue weighted by atomic mass is 16.5. The van der Waals surface area contributed by atoms with Gasteiger partial charge in [0.2, 0.25) is 5.88 Å². The minimum absolute atomic E-state index is 0.354. The van der Waals surface area contributed by atoms with Crippen molar-refractivity contribution in [1.82, 2.24) is 4.98 Å². The van der Waals surface area contributed by atoms with Crippen molar-refractivity contribution >= 4 is 18.1 Å². The van der Waals surface area contributed by atoms with Gasteiger partial charge in [0.1, 0.15) is 0 Å². The lowest BCUT2D eigenvalue weighted by Gasteiger charge is -1.94. The van der Waals surface area contributed by atoms with Crippen LogP contribution in [0.25, 0.3) is 12.2 Å². The molecule has 3 nitrogen and oxygen atoms in total. The second-order valence-corrected chi connectivity index (χ2v) is 2.50. The van der Waals surface area contributed by atoms with Crippen molar-refractivity contribution in [2.24, 2.45) is 0 Å². The van der Waals surface area contributed by atoms with Crippen molar-refractivity contribution < 1.29 is 9.53 Å². The first-order valence-electron chi connectivity index (χ1n) is 3.83. The molecule has 1 heterocycles. The van der Waals surface area contributed by atoms with Crippen LogP contribution in [0.5, 0.6) is 5.88 Å². The van der Waals surface area contributed by atoms with Crippen molar-refractivity contribution in [2.75, 3.05) is 0 Å². The lowest BCUT2D eigenvalue weighted by Crippen LogP contribution is -2.01. The van der Waals surface area contributed by atoms with Gasteiger partial charge < -0.3 is 9.72 Å². The van der Waals surface area contributed by atoms with Crippen LogP contribution in [0.1, 0.15) is 18.2 Å². The number of ether oxygens (including phenoxy) is 1. The summed E-state index contributed by atoms with van der Waals surface area (Å²) in [7, 11) is 0. The first kappa shape index (κ1) is 9.32. The minimum atomic E-state index is -0.354. The smallest absolute Gasteiger partial charge is 0.309 e. The van der Waals surface area contributed by atoms with Crippen molar-refractivity contribution in [2.45, 2.75) is 6.92 Å². The quantitative estimate of drug-likeness (QED) is 0.719. The molecule has 3 heteroatoms. The molecule has 0 amide bonds. The van der Waals surface area contributed by atoms with E-state index in [9.17, 15) is 4.79 Å². The first-order chi connectivity index (χ1) is 6.17. The van der Waals surface area contributed by atoms with Crippen LogP contribution in [0, 0.1) is 0 Å². The number of nitrogens with one attached hydrogen (secondary N) is 1. The largest absolute Gasteiger partial charge is 0.410 e. The number of carbonyl (C=O) groups is 1. The van der Waals surface area contributed by atoms with Gasteiger partial charge in [-0.25, -0.2) is 0 Å². The van der Waals surface area contributed by atoms with E-state index in [-0.39, 0.29) is 5.97 Å². The second-order valence-electron chi connectivity index (χ2n) is 2.50. The number of H-pyrrole nitrogens is 1. The fourth-order valence-electron chi connectivity index (χ4n) is 1.01. The van der Waals surface area contributed by atoms with Crippen LogP contribution in [0.15, 0.2) is 19.2 Å². The summed E-state index contributed by atoms with van der Waals surface area (Å²) in [6.07, 6.45) is 3.31. The molecule has 0 aliphatic rings. The summed E-state index contributed by atoms with van der Waals surface area (Å²) in [4.78, 5) is 13.5. The summed E-state index contributed by atoms with van der Waals surface area (Å²) in [5.74, 6) is 0.0600. The van der Waals surface area contributed by atoms with Crippen LogP contribution in [0.4, 0.5) is 0 Å². The van der Waals surface area contributed by atoms with Gasteiger partial charge in [0.25, 0.3) is 0 Å². The zero-order chi connectivity index (χ0) is 9.84. The number of esters is 1. The van der Waals surface area contributed by atoms with Gasteiger partial charge in [-0.1, -0.05) is 19.2 Å². The molecule has 13 heavy (non-hydrogen) atoms. The normalized spacial score (nSPS) is 9.31. The highest BCUT2D eigenvalue weighted by Gasteiger charge is 2.04. The highest BCUT2D eigenvalue weighted by molar-refractivity contribution is 5.70. The Kier molecular flexibility index (Phi) is 2.69. The Morgan fingerprint density at radius 2 is 2.23 bits per heavy atom. The number of aromatic amines is 1. The van der Waals surface area contributed by atoms with E-state index in [1.165, 1.54) is 6.92 Å². The molecule has 0 atom stereocenters. The van der Waals surface area contributed by atoms with Crippen molar-refractivity contribution in [1.29, 1.82) is 0 Å². The summed E-state index contributed by atoms with van der Waals surface area (Å²) < 4.78 is 4.85. The molecule has 0 saturated heterocycles. The van der Waals surface area contributed by atoms with Gasteiger partial charge in [-0.05, 0) is 6.08 Å². The Morgan fingerprint density at radius 1 is 1.54 bits per heavy atom. The van der Waals surface area contributed by atoms with E-state index >= 15 is 0 Å². The molecule has 0 bridgehead atoms. The number of carbonyl (C=O) groups excluding carboxylic acids is 1. The topological polar surface area (TPSA) is 42.1 Å². The molecule has 1 aromatic heterocycles. The maximum Gasteiger partial charge on any atom is 0.309 e. The van der Waals surface area contributed by atoms with Crippen molar-refractivity contribution in [3.63, 3.8) is 0 Å². The second kappa shape index (κ2) is 3.76. The fraction of sp³-hybridized carbons (Fsp3) is 0.100. The summed E-state index contributed by atoms with van der Waals surface area (Å²) in [5.41, 5.74) is 1.66. The molecule has 0 aromatic carbocycles. The third-order valence-electron chi connectivity index (χ3n) is 1.53. The SMILES string of the molecule is C=Cc1cc(OC(C)=O)[nH]c1C=C. The van der Waals surface area contributed by atoms with Gasteiger partial charge in [-0.2, -0.15) is 0 Å². The Bertz CT molecular complexity index is 324. The average molecular weight is 177 g/mol. The van der Waals surface area contributed by atoms with Crippen molar-refractivity contribution in [3.8, 4) is 5.88 Å².